The molecule has 0 amide bonds. The molecular weight excluding hydrogens is 276 g/mol. The van der Waals surface area contributed by atoms with E-state index in [1.807, 2.05) is 0 Å². The number of carbonyl (C=O) groups is 1. The summed E-state index contributed by atoms with van der Waals surface area (Å²) in [5.74, 6) is 1.37. The molecule has 0 N–H and O–H groups in total. The van der Waals surface area contributed by atoms with Crippen molar-refractivity contribution in [1.82, 2.24) is 0 Å². The van der Waals surface area contributed by atoms with Crippen molar-refractivity contribution in [2.45, 2.75) is 96.8 Å². The molecular formula is C19H36OS. The van der Waals surface area contributed by atoms with Gasteiger partial charge in [0.25, 0.3) is 0 Å². The van der Waals surface area contributed by atoms with Crippen molar-refractivity contribution < 1.29 is 4.79 Å². The first kappa shape index (κ1) is 20.8. The molecule has 124 valence electrons. The average Bonchev–Trinajstić information content (AvgIpc) is 2.46. The van der Waals surface area contributed by atoms with E-state index in [1.54, 1.807) is 6.92 Å². The fraction of sp³-hybridized carbons (Fsp3) is 0.842. The molecule has 21 heavy (non-hydrogen) atoms. The molecule has 0 aromatic heterocycles. The molecule has 0 aliphatic rings. The molecule has 2 heteroatoms. The molecule has 0 aromatic carbocycles. The van der Waals surface area contributed by atoms with Crippen molar-refractivity contribution in [1.29, 1.82) is 0 Å². The van der Waals surface area contributed by atoms with Gasteiger partial charge in [-0.2, -0.15) is 12.6 Å². The summed E-state index contributed by atoms with van der Waals surface area (Å²) >= 11 is 4.23. The standard InChI is InChI=1S/C19H36OS/c1-19(20)17-15-13-11-9-7-5-3-2-4-6-8-10-12-14-16-18-21/h2-3,21H,4-18H2,1H3/b3-2+. The Morgan fingerprint density at radius 2 is 1.14 bits per heavy atom. The van der Waals surface area contributed by atoms with E-state index >= 15 is 0 Å². The molecule has 0 spiro atoms. The van der Waals surface area contributed by atoms with Crippen molar-refractivity contribution in [3.05, 3.63) is 12.2 Å². The smallest absolute Gasteiger partial charge is 0.129 e. The molecule has 0 aliphatic heterocycles. The second-order valence-corrected chi connectivity index (χ2v) is 6.56. The van der Waals surface area contributed by atoms with Gasteiger partial charge in [-0.3, -0.25) is 0 Å². The predicted molar refractivity (Wildman–Crippen MR) is 98.3 cm³/mol. The van der Waals surface area contributed by atoms with Gasteiger partial charge in [-0.25, -0.2) is 0 Å². The van der Waals surface area contributed by atoms with Crippen LogP contribution in [0.2, 0.25) is 0 Å². The number of Topliss-reactive ketones (excluding diaryl/α,β-unsaturated/α-hetero) is 1. The SMILES string of the molecule is CC(=O)CCCCCCC/C=C/CCCCCCCCS. The third-order valence-electron chi connectivity index (χ3n) is 3.85. The summed E-state index contributed by atoms with van der Waals surface area (Å²) in [6.45, 7) is 1.69. The zero-order chi connectivity index (χ0) is 15.6. The second-order valence-electron chi connectivity index (χ2n) is 6.11. The maximum atomic E-state index is 10.8. The third-order valence-corrected chi connectivity index (χ3v) is 4.16. The highest BCUT2D eigenvalue weighted by molar-refractivity contribution is 7.80. The number of rotatable bonds is 16. The summed E-state index contributed by atoms with van der Waals surface area (Å²) in [5.41, 5.74) is 0. The summed E-state index contributed by atoms with van der Waals surface area (Å²) in [5, 5.41) is 0. The van der Waals surface area contributed by atoms with E-state index < -0.39 is 0 Å². The lowest BCUT2D eigenvalue weighted by Crippen LogP contribution is -1.89. The Hall–Kier alpha value is -0.240. The Morgan fingerprint density at radius 1 is 0.714 bits per heavy atom. The van der Waals surface area contributed by atoms with Gasteiger partial charge in [0.2, 0.25) is 0 Å². The van der Waals surface area contributed by atoms with Crippen molar-refractivity contribution >= 4 is 18.4 Å². The van der Waals surface area contributed by atoms with Crippen LogP contribution in [0.25, 0.3) is 0 Å². The van der Waals surface area contributed by atoms with Crippen LogP contribution in [0.5, 0.6) is 0 Å². The molecule has 0 rings (SSSR count). The first-order valence-corrected chi connectivity index (χ1v) is 9.66. The van der Waals surface area contributed by atoms with Gasteiger partial charge < -0.3 is 4.79 Å². The summed E-state index contributed by atoms with van der Waals surface area (Å²) in [7, 11) is 0. The minimum absolute atomic E-state index is 0.333. The molecule has 0 heterocycles. The molecule has 1 nitrogen and oxygen atoms in total. The molecule has 0 unspecified atom stereocenters. The maximum absolute atomic E-state index is 10.8. The fourth-order valence-corrected chi connectivity index (χ4v) is 2.71. The number of carbonyl (C=O) groups excluding carboxylic acids is 1. The summed E-state index contributed by atoms with van der Waals surface area (Å²) in [6, 6.07) is 0. The van der Waals surface area contributed by atoms with E-state index in [-0.39, 0.29) is 0 Å². The largest absolute Gasteiger partial charge is 0.300 e. The van der Waals surface area contributed by atoms with E-state index in [0.29, 0.717) is 5.78 Å². The monoisotopic (exact) mass is 312 g/mol. The predicted octanol–water partition coefficient (Wildman–Crippen LogP) is 6.52. The van der Waals surface area contributed by atoms with Crippen molar-refractivity contribution in [2.75, 3.05) is 5.75 Å². The summed E-state index contributed by atoms with van der Waals surface area (Å²) in [4.78, 5) is 10.8. The summed E-state index contributed by atoms with van der Waals surface area (Å²) < 4.78 is 0. The molecule has 0 fully saturated rings. The van der Waals surface area contributed by atoms with Crippen molar-refractivity contribution in [2.24, 2.45) is 0 Å². The topological polar surface area (TPSA) is 17.1 Å². The Kier molecular flexibility index (Phi) is 17.6. The van der Waals surface area contributed by atoms with Gasteiger partial charge in [0.1, 0.15) is 5.78 Å². The van der Waals surface area contributed by atoms with Gasteiger partial charge in [0.15, 0.2) is 0 Å². The minimum Gasteiger partial charge on any atom is -0.300 e. The van der Waals surface area contributed by atoms with Crippen LogP contribution in [0.3, 0.4) is 0 Å². The lowest BCUT2D eigenvalue weighted by atomic mass is 10.1. The zero-order valence-corrected chi connectivity index (χ0v) is 15.0. The van der Waals surface area contributed by atoms with Crippen LogP contribution in [0, 0.1) is 0 Å². The number of unbranched alkanes of at least 4 members (excludes halogenated alkanes) is 11. The molecule has 0 saturated heterocycles. The van der Waals surface area contributed by atoms with Crippen molar-refractivity contribution in [3.8, 4) is 0 Å². The Balaban J connectivity index is 3.07. The van der Waals surface area contributed by atoms with Gasteiger partial charge in [-0.05, 0) is 51.2 Å². The highest BCUT2D eigenvalue weighted by atomic mass is 32.1. The van der Waals surface area contributed by atoms with E-state index in [4.69, 9.17) is 0 Å². The first-order valence-electron chi connectivity index (χ1n) is 9.02. The molecule has 0 atom stereocenters. The molecule has 0 aromatic rings. The Bertz CT molecular complexity index is 248. The van der Waals surface area contributed by atoms with E-state index in [2.05, 4.69) is 24.8 Å². The average molecular weight is 313 g/mol. The number of hydrogen-bond donors (Lipinski definition) is 1. The van der Waals surface area contributed by atoms with Gasteiger partial charge >= 0.3 is 0 Å². The van der Waals surface area contributed by atoms with Gasteiger partial charge in [-0.15, -0.1) is 0 Å². The van der Waals surface area contributed by atoms with E-state index in [1.165, 1.54) is 77.0 Å². The van der Waals surface area contributed by atoms with E-state index in [0.717, 1.165) is 18.6 Å². The third kappa shape index (κ3) is 19.8. The van der Waals surface area contributed by atoms with Crippen LogP contribution in [-0.2, 0) is 4.79 Å². The first-order chi connectivity index (χ1) is 10.3. The second kappa shape index (κ2) is 17.8. The van der Waals surface area contributed by atoms with Gasteiger partial charge in [0, 0.05) is 6.42 Å². The lowest BCUT2D eigenvalue weighted by molar-refractivity contribution is -0.117. The van der Waals surface area contributed by atoms with Crippen LogP contribution in [0.1, 0.15) is 96.8 Å². The Morgan fingerprint density at radius 3 is 1.62 bits per heavy atom. The number of ketones is 1. The van der Waals surface area contributed by atoms with Crippen LogP contribution in [0.15, 0.2) is 12.2 Å². The zero-order valence-electron chi connectivity index (χ0n) is 14.1. The number of hydrogen-bond acceptors (Lipinski definition) is 2. The van der Waals surface area contributed by atoms with E-state index in [9.17, 15) is 4.79 Å². The lowest BCUT2D eigenvalue weighted by Gasteiger charge is -1.99. The highest BCUT2D eigenvalue weighted by Crippen LogP contribution is 2.10. The highest BCUT2D eigenvalue weighted by Gasteiger charge is 1.94. The minimum atomic E-state index is 0.333. The number of allylic oxidation sites excluding steroid dienone is 2. The number of thiol groups is 1. The van der Waals surface area contributed by atoms with Gasteiger partial charge in [-0.1, -0.05) is 57.1 Å². The normalized spacial score (nSPS) is 11.3. The van der Waals surface area contributed by atoms with Crippen LogP contribution in [-0.4, -0.2) is 11.5 Å². The quantitative estimate of drug-likeness (QED) is 0.195. The molecule has 0 aliphatic carbocycles. The van der Waals surface area contributed by atoms with Gasteiger partial charge in [0.05, 0.1) is 0 Å². The molecule has 0 bridgehead atoms. The van der Waals surface area contributed by atoms with Crippen LogP contribution < -0.4 is 0 Å². The summed E-state index contributed by atoms with van der Waals surface area (Å²) in [6.07, 6.45) is 22.3. The van der Waals surface area contributed by atoms with Crippen LogP contribution in [0.4, 0.5) is 0 Å². The Labute approximate surface area is 138 Å². The van der Waals surface area contributed by atoms with Crippen molar-refractivity contribution in [3.63, 3.8) is 0 Å². The molecule has 0 saturated carbocycles. The fourth-order valence-electron chi connectivity index (χ4n) is 2.48. The molecule has 0 radical (unpaired) electrons. The van der Waals surface area contributed by atoms with Crippen LogP contribution >= 0.6 is 12.6 Å². The maximum Gasteiger partial charge on any atom is 0.129 e.